The zero-order valence-electron chi connectivity index (χ0n) is 8.75. The highest BCUT2D eigenvalue weighted by Gasteiger charge is 2.03. The maximum absolute atomic E-state index is 11.1. The van der Waals surface area contributed by atoms with Crippen LogP contribution in [-0.4, -0.2) is 16.5 Å². The molecule has 92 valence electrons. The Kier molecular flexibility index (Phi) is 4.70. The van der Waals surface area contributed by atoms with Crippen LogP contribution in [0.15, 0.2) is 29.4 Å². The van der Waals surface area contributed by atoms with Gasteiger partial charge in [-0.15, -0.1) is 0 Å². The topological polar surface area (TPSA) is 97.2 Å². The number of nitrogens with zero attached hydrogens (tertiary/aromatic N) is 2. The van der Waals surface area contributed by atoms with Crippen molar-refractivity contribution in [1.29, 1.82) is 0 Å². The van der Waals surface area contributed by atoms with E-state index in [-0.39, 0.29) is 16.1 Å². The molecule has 0 fully saturated rings. The third-order valence-electron chi connectivity index (χ3n) is 1.59. The predicted octanol–water partition coefficient (Wildman–Crippen LogP) is 2.50. The van der Waals surface area contributed by atoms with Gasteiger partial charge in [0.25, 0.3) is 0 Å². The molecular formula is C9H9ClN3O4-. The molecule has 0 heterocycles. The molecule has 0 spiro atoms. The van der Waals surface area contributed by atoms with Crippen molar-refractivity contribution in [3.8, 4) is 0 Å². The lowest BCUT2D eigenvalue weighted by atomic mass is 10.3. The average molecular weight is 259 g/mol. The number of anilines is 2. The number of halogens is 1. The van der Waals surface area contributed by atoms with Crippen LogP contribution in [0.3, 0.4) is 0 Å². The summed E-state index contributed by atoms with van der Waals surface area (Å²) in [6.45, 7) is 1.45. The number of hydrogen-bond acceptors (Lipinski definition) is 6. The smallest absolute Gasteiger partial charge is 0.437 e. The molecule has 2 N–H and O–H groups in total. The van der Waals surface area contributed by atoms with Crippen molar-refractivity contribution < 1.29 is 14.8 Å². The molecule has 0 bridgehead atoms. The van der Waals surface area contributed by atoms with E-state index in [1.165, 1.54) is 31.2 Å². The lowest BCUT2D eigenvalue weighted by Gasteiger charge is -2.21. The summed E-state index contributed by atoms with van der Waals surface area (Å²) >= 11 is 5.36. The van der Waals surface area contributed by atoms with E-state index in [1.54, 1.807) is 0 Å². The van der Waals surface area contributed by atoms with E-state index in [9.17, 15) is 10.0 Å². The minimum absolute atomic E-state index is 0.0403. The fourth-order valence-corrected chi connectivity index (χ4v) is 0.952. The van der Waals surface area contributed by atoms with Crippen molar-refractivity contribution in [1.82, 2.24) is 0 Å². The SMILES string of the molecule is C/C(Cl)=N\OC(=O)Nc1ccc(N([O-])O)cc1. The van der Waals surface area contributed by atoms with Gasteiger partial charge in [-0.3, -0.25) is 15.4 Å². The normalized spacial score (nSPS) is 10.9. The highest BCUT2D eigenvalue weighted by molar-refractivity contribution is 6.64. The second-order valence-corrected chi connectivity index (χ2v) is 3.46. The van der Waals surface area contributed by atoms with Crippen molar-refractivity contribution >= 4 is 34.2 Å². The molecule has 1 aromatic rings. The van der Waals surface area contributed by atoms with Gasteiger partial charge in [0.2, 0.25) is 0 Å². The summed E-state index contributed by atoms with van der Waals surface area (Å²) in [5, 5.41) is 24.4. The summed E-state index contributed by atoms with van der Waals surface area (Å²) < 4.78 is 0. The second kappa shape index (κ2) is 6.04. The summed E-state index contributed by atoms with van der Waals surface area (Å²) in [7, 11) is 0. The average Bonchev–Trinajstić information content (AvgIpc) is 2.27. The molecule has 0 saturated heterocycles. The second-order valence-electron chi connectivity index (χ2n) is 2.91. The van der Waals surface area contributed by atoms with Gasteiger partial charge in [0, 0.05) is 5.69 Å². The first-order chi connectivity index (χ1) is 7.99. The number of oxime groups is 1. The van der Waals surface area contributed by atoms with E-state index >= 15 is 0 Å². The third-order valence-corrected chi connectivity index (χ3v) is 1.66. The molecular weight excluding hydrogens is 250 g/mol. The van der Waals surface area contributed by atoms with Crippen molar-refractivity contribution in [3.05, 3.63) is 29.5 Å². The molecule has 0 radical (unpaired) electrons. The molecule has 17 heavy (non-hydrogen) atoms. The molecule has 1 amide bonds. The van der Waals surface area contributed by atoms with Crippen molar-refractivity contribution in [3.63, 3.8) is 0 Å². The Morgan fingerprint density at radius 3 is 2.59 bits per heavy atom. The summed E-state index contributed by atoms with van der Waals surface area (Å²) in [5.41, 5.74) is 0.418. The number of hydrogen-bond donors (Lipinski definition) is 2. The summed E-state index contributed by atoms with van der Waals surface area (Å²) in [6, 6.07) is 5.46. The van der Waals surface area contributed by atoms with E-state index in [0.717, 1.165) is 0 Å². The van der Waals surface area contributed by atoms with E-state index in [4.69, 9.17) is 16.8 Å². The van der Waals surface area contributed by atoms with Crippen LogP contribution in [0.4, 0.5) is 16.2 Å². The first kappa shape index (κ1) is 13.2. The third kappa shape index (κ3) is 4.68. The fraction of sp³-hybridized carbons (Fsp3) is 0.111. The zero-order valence-corrected chi connectivity index (χ0v) is 9.51. The largest absolute Gasteiger partial charge is 0.733 e. The highest BCUT2D eigenvalue weighted by atomic mass is 35.5. The number of carbonyl (C=O) groups excluding carboxylic acids is 1. The van der Waals surface area contributed by atoms with E-state index < -0.39 is 6.09 Å². The maximum Gasteiger partial charge on any atom is 0.437 e. The van der Waals surface area contributed by atoms with Crippen molar-refractivity contribution in [2.75, 3.05) is 10.5 Å². The molecule has 0 unspecified atom stereocenters. The van der Waals surface area contributed by atoms with Crippen LogP contribution in [-0.2, 0) is 4.84 Å². The Balaban J connectivity index is 2.57. The van der Waals surface area contributed by atoms with Gasteiger partial charge in [-0.25, -0.2) is 4.79 Å². The van der Waals surface area contributed by atoms with Crippen LogP contribution in [0.1, 0.15) is 6.92 Å². The van der Waals surface area contributed by atoms with Crippen molar-refractivity contribution in [2.45, 2.75) is 6.92 Å². The summed E-state index contributed by atoms with van der Waals surface area (Å²) in [6.07, 6.45) is -0.819. The first-order valence-corrected chi connectivity index (χ1v) is 4.81. The van der Waals surface area contributed by atoms with Gasteiger partial charge in [-0.05, 0) is 31.2 Å². The monoisotopic (exact) mass is 258 g/mol. The van der Waals surface area contributed by atoms with Gasteiger partial charge in [0.05, 0.1) is 5.69 Å². The molecule has 0 aliphatic carbocycles. The molecule has 8 heteroatoms. The van der Waals surface area contributed by atoms with Crippen LogP contribution >= 0.6 is 11.6 Å². The molecule has 0 aliphatic rings. The van der Waals surface area contributed by atoms with Gasteiger partial charge in [-0.1, -0.05) is 16.8 Å². The van der Waals surface area contributed by atoms with Crippen molar-refractivity contribution in [2.24, 2.45) is 5.16 Å². The van der Waals surface area contributed by atoms with Gasteiger partial charge in [0.1, 0.15) is 5.17 Å². The molecule has 0 aromatic heterocycles. The van der Waals surface area contributed by atoms with Crippen LogP contribution in [0, 0.1) is 5.21 Å². The highest BCUT2D eigenvalue weighted by Crippen LogP contribution is 2.15. The van der Waals surface area contributed by atoms with Crippen LogP contribution in [0.5, 0.6) is 0 Å². The number of rotatable bonds is 3. The van der Waals surface area contributed by atoms with Gasteiger partial charge in [-0.2, -0.15) is 0 Å². The number of amides is 1. The molecule has 1 aromatic carbocycles. The van der Waals surface area contributed by atoms with Crippen LogP contribution in [0.25, 0.3) is 0 Å². The Morgan fingerprint density at radius 1 is 1.53 bits per heavy atom. The summed E-state index contributed by atoms with van der Waals surface area (Å²) in [4.78, 5) is 15.5. The van der Waals surface area contributed by atoms with Gasteiger partial charge < -0.3 is 10.4 Å². The first-order valence-electron chi connectivity index (χ1n) is 4.43. The van der Waals surface area contributed by atoms with Gasteiger partial charge >= 0.3 is 6.09 Å². The minimum atomic E-state index is -0.819. The zero-order chi connectivity index (χ0) is 12.8. The molecule has 0 saturated carbocycles. The van der Waals surface area contributed by atoms with Crippen LogP contribution in [0.2, 0.25) is 0 Å². The van der Waals surface area contributed by atoms with Gasteiger partial charge in [0.15, 0.2) is 0 Å². The Bertz CT molecular complexity index is 415. The van der Waals surface area contributed by atoms with E-state index in [2.05, 4.69) is 15.3 Å². The van der Waals surface area contributed by atoms with Crippen LogP contribution < -0.4 is 10.5 Å². The molecule has 7 nitrogen and oxygen atoms in total. The quantitative estimate of drug-likeness (QED) is 0.493. The fourth-order valence-electron chi connectivity index (χ4n) is 0.917. The summed E-state index contributed by atoms with van der Waals surface area (Å²) in [5.74, 6) is 0. The lowest BCUT2D eigenvalue weighted by Crippen LogP contribution is -2.11. The minimum Gasteiger partial charge on any atom is -0.733 e. The van der Waals surface area contributed by atoms with E-state index in [1.807, 2.05) is 0 Å². The van der Waals surface area contributed by atoms with E-state index in [0.29, 0.717) is 5.69 Å². The predicted molar refractivity (Wildman–Crippen MR) is 63.1 cm³/mol. The Labute approximate surface area is 102 Å². The number of carbonyl (C=O) groups is 1. The Hall–Kier alpha value is -1.83. The number of nitrogens with one attached hydrogen (secondary N) is 1. The molecule has 0 atom stereocenters. The Morgan fingerprint density at radius 2 is 2.12 bits per heavy atom. The number of benzene rings is 1. The molecule has 0 aliphatic heterocycles. The molecule has 1 rings (SSSR count). The maximum atomic E-state index is 11.1. The lowest BCUT2D eigenvalue weighted by molar-refractivity contribution is 0.167. The standard InChI is InChI=1S/C9H9ClN3O4/c1-6(10)12-17-9(14)11-7-2-4-8(5-3-7)13(15)16/h2-5,15H,1H3,(H,11,14)/q-1/b12-6+.